The molecule has 76 valence electrons. The van der Waals surface area contributed by atoms with Crippen LogP contribution in [0.1, 0.15) is 0 Å². The van der Waals surface area contributed by atoms with Crippen LogP contribution in [0, 0.1) is 0 Å². The number of carboxylic acids is 1. The van der Waals surface area contributed by atoms with E-state index in [0.717, 1.165) is 0 Å². The largest absolute Gasteiger partial charge is 0.477 e. The molecule has 8 heteroatoms. The highest BCUT2D eigenvalue weighted by Crippen LogP contribution is 2.11. The highest BCUT2D eigenvalue weighted by atomic mass is 19.3. The second-order valence-corrected chi connectivity index (χ2v) is 2.09. The number of amides is 1. The van der Waals surface area contributed by atoms with Crippen molar-refractivity contribution in [3.63, 3.8) is 0 Å². The molecule has 6 nitrogen and oxygen atoms in total. The molecule has 0 saturated carbocycles. The number of carbonyl (C=O) groups is 2. The van der Waals surface area contributed by atoms with Crippen molar-refractivity contribution in [2.24, 2.45) is 5.73 Å². The van der Waals surface area contributed by atoms with Crippen molar-refractivity contribution in [3.8, 4) is 0 Å². The summed E-state index contributed by atoms with van der Waals surface area (Å²) in [7, 11) is 0. The zero-order valence-electron chi connectivity index (χ0n) is 6.42. The Morgan fingerprint density at radius 2 is 2.08 bits per heavy atom. The van der Waals surface area contributed by atoms with E-state index in [1.807, 2.05) is 0 Å². The molecule has 0 bridgehead atoms. The quantitative estimate of drug-likeness (QED) is 0.364. The van der Waals surface area contributed by atoms with Gasteiger partial charge in [0.2, 0.25) is 5.91 Å². The number of carbonyl (C=O) groups excluding carboxylic acids is 1. The van der Waals surface area contributed by atoms with Crippen LogP contribution in [0.25, 0.3) is 0 Å². The number of hydrogen-bond donors (Lipinski definition) is 3. The number of halogens is 2. The Kier molecular flexibility index (Phi) is 4.21. The van der Waals surface area contributed by atoms with Gasteiger partial charge < -0.3 is 10.8 Å². The van der Waals surface area contributed by atoms with Gasteiger partial charge in [0.05, 0.1) is 6.54 Å². The zero-order valence-corrected chi connectivity index (χ0v) is 6.42. The molecule has 0 aromatic heterocycles. The summed E-state index contributed by atoms with van der Waals surface area (Å²) < 4.78 is 24.4. The van der Waals surface area contributed by atoms with Crippen LogP contribution in [-0.2, 0) is 14.4 Å². The van der Waals surface area contributed by atoms with Crippen LogP contribution in [0.15, 0.2) is 0 Å². The second-order valence-electron chi connectivity index (χ2n) is 2.09. The molecule has 4 N–H and O–H groups in total. The SMILES string of the molecule is NC(=O)CONCC(F)(F)C(=O)O. The second kappa shape index (κ2) is 4.67. The first-order valence-corrected chi connectivity index (χ1v) is 3.10. The highest BCUT2D eigenvalue weighted by Gasteiger charge is 2.38. The molecule has 0 spiro atoms. The molecule has 13 heavy (non-hydrogen) atoms. The number of nitrogens with two attached hydrogens (primary N) is 1. The fraction of sp³-hybridized carbons (Fsp3) is 0.600. The number of primary amides is 1. The third kappa shape index (κ3) is 5.04. The summed E-state index contributed by atoms with van der Waals surface area (Å²) >= 11 is 0. The van der Waals surface area contributed by atoms with Gasteiger partial charge >= 0.3 is 11.9 Å². The zero-order chi connectivity index (χ0) is 10.5. The summed E-state index contributed by atoms with van der Waals surface area (Å²) in [6, 6.07) is 0. The van der Waals surface area contributed by atoms with Gasteiger partial charge in [-0.05, 0) is 0 Å². The smallest absolute Gasteiger partial charge is 0.376 e. The first-order chi connectivity index (χ1) is 5.86. The molecule has 0 fully saturated rings. The van der Waals surface area contributed by atoms with Crippen molar-refractivity contribution in [3.05, 3.63) is 0 Å². The molecule has 0 heterocycles. The minimum absolute atomic E-state index is 0.601. The Morgan fingerprint density at radius 3 is 2.46 bits per heavy atom. The summed E-state index contributed by atoms with van der Waals surface area (Å²) in [4.78, 5) is 23.9. The number of rotatable bonds is 6. The van der Waals surface area contributed by atoms with E-state index in [0.29, 0.717) is 0 Å². The Labute approximate surface area is 71.6 Å². The molecule has 0 saturated heterocycles. The van der Waals surface area contributed by atoms with Gasteiger partial charge in [-0.15, -0.1) is 0 Å². The number of alkyl halides is 2. The van der Waals surface area contributed by atoms with E-state index < -0.39 is 31.0 Å². The van der Waals surface area contributed by atoms with E-state index >= 15 is 0 Å². The fourth-order valence-corrected chi connectivity index (χ4v) is 0.339. The highest BCUT2D eigenvalue weighted by molar-refractivity contribution is 5.75. The van der Waals surface area contributed by atoms with E-state index in [1.54, 1.807) is 5.48 Å². The molecule has 0 aliphatic carbocycles. The molecule has 0 radical (unpaired) electrons. The van der Waals surface area contributed by atoms with Crippen LogP contribution in [-0.4, -0.2) is 36.1 Å². The molecule has 0 rings (SSSR count). The maximum absolute atomic E-state index is 12.2. The first kappa shape index (κ1) is 11.7. The minimum atomic E-state index is -3.93. The predicted molar refractivity (Wildman–Crippen MR) is 35.7 cm³/mol. The number of hydroxylamine groups is 1. The molecule has 0 aliphatic heterocycles. The molecular formula is C5H8F2N2O4. The monoisotopic (exact) mass is 198 g/mol. The van der Waals surface area contributed by atoms with Crippen molar-refractivity contribution < 1.29 is 28.3 Å². The third-order valence-electron chi connectivity index (χ3n) is 0.924. The molecule has 0 aromatic rings. The van der Waals surface area contributed by atoms with Crippen molar-refractivity contribution in [1.29, 1.82) is 0 Å². The lowest BCUT2D eigenvalue weighted by atomic mass is 10.3. The van der Waals surface area contributed by atoms with E-state index in [4.69, 9.17) is 5.11 Å². The van der Waals surface area contributed by atoms with Gasteiger partial charge in [-0.2, -0.15) is 14.3 Å². The van der Waals surface area contributed by atoms with Gasteiger partial charge in [-0.25, -0.2) is 4.79 Å². The molecule has 0 aromatic carbocycles. The first-order valence-electron chi connectivity index (χ1n) is 3.10. The predicted octanol–water partition coefficient (Wildman–Crippen LogP) is -1.29. The van der Waals surface area contributed by atoms with Crippen molar-refractivity contribution in [1.82, 2.24) is 5.48 Å². The van der Waals surface area contributed by atoms with Gasteiger partial charge in [0.15, 0.2) is 0 Å². The minimum Gasteiger partial charge on any atom is -0.477 e. The Hall–Kier alpha value is -1.28. The van der Waals surface area contributed by atoms with Crippen LogP contribution in [0.3, 0.4) is 0 Å². The topological polar surface area (TPSA) is 102 Å². The lowest BCUT2D eigenvalue weighted by molar-refractivity contribution is -0.168. The number of carboxylic acid groups (broad SMARTS) is 1. The molecular weight excluding hydrogens is 190 g/mol. The van der Waals surface area contributed by atoms with Crippen molar-refractivity contribution in [2.45, 2.75) is 5.92 Å². The van der Waals surface area contributed by atoms with Crippen LogP contribution >= 0.6 is 0 Å². The maximum Gasteiger partial charge on any atom is 0.376 e. The molecule has 1 amide bonds. The fourth-order valence-electron chi connectivity index (χ4n) is 0.339. The van der Waals surface area contributed by atoms with Gasteiger partial charge in [-0.1, -0.05) is 0 Å². The van der Waals surface area contributed by atoms with E-state index in [2.05, 4.69) is 10.6 Å². The average Bonchev–Trinajstić information content (AvgIpc) is 1.97. The molecule has 0 aliphatic rings. The van der Waals surface area contributed by atoms with E-state index in [9.17, 15) is 18.4 Å². The van der Waals surface area contributed by atoms with E-state index in [-0.39, 0.29) is 0 Å². The number of aliphatic carboxylic acids is 1. The number of hydrogen-bond acceptors (Lipinski definition) is 4. The van der Waals surface area contributed by atoms with Crippen LogP contribution in [0.4, 0.5) is 8.78 Å². The Morgan fingerprint density at radius 1 is 1.54 bits per heavy atom. The van der Waals surface area contributed by atoms with Crippen LogP contribution in [0.2, 0.25) is 0 Å². The summed E-state index contributed by atoms with van der Waals surface area (Å²) in [6.07, 6.45) is 0. The Bertz CT molecular complexity index is 209. The van der Waals surface area contributed by atoms with Gasteiger partial charge in [0, 0.05) is 0 Å². The van der Waals surface area contributed by atoms with Gasteiger partial charge in [0.25, 0.3) is 0 Å². The van der Waals surface area contributed by atoms with Crippen molar-refractivity contribution >= 4 is 11.9 Å². The van der Waals surface area contributed by atoms with E-state index in [1.165, 1.54) is 0 Å². The lowest BCUT2D eigenvalue weighted by Gasteiger charge is -2.10. The summed E-state index contributed by atoms with van der Waals surface area (Å²) in [5.74, 6) is -7.06. The molecule has 0 unspecified atom stereocenters. The third-order valence-corrected chi connectivity index (χ3v) is 0.924. The average molecular weight is 198 g/mol. The van der Waals surface area contributed by atoms with Gasteiger partial charge in [0.1, 0.15) is 6.61 Å². The van der Waals surface area contributed by atoms with Crippen LogP contribution in [0.5, 0.6) is 0 Å². The van der Waals surface area contributed by atoms with Gasteiger partial charge in [-0.3, -0.25) is 9.63 Å². The number of nitrogens with one attached hydrogen (secondary N) is 1. The summed E-state index contributed by atoms with van der Waals surface area (Å²) in [5, 5.41) is 7.91. The van der Waals surface area contributed by atoms with Crippen LogP contribution < -0.4 is 11.2 Å². The lowest BCUT2D eigenvalue weighted by Crippen LogP contribution is -2.40. The maximum atomic E-state index is 12.2. The Balaban J connectivity index is 3.64. The molecule has 0 atom stereocenters. The standard InChI is InChI=1S/C5H8F2N2O4/c6-5(7,4(11)12)2-9-13-1-3(8)10/h9H,1-2H2,(H2,8,10)(H,11,12). The normalized spacial score (nSPS) is 11.2. The van der Waals surface area contributed by atoms with Crippen molar-refractivity contribution in [2.75, 3.05) is 13.2 Å². The summed E-state index contributed by atoms with van der Waals surface area (Å²) in [6.45, 7) is -1.83. The summed E-state index contributed by atoms with van der Waals surface area (Å²) in [5.41, 5.74) is 6.20.